The predicted octanol–water partition coefficient (Wildman–Crippen LogP) is 5.09. The van der Waals surface area contributed by atoms with Gasteiger partial charge < -0.3 is 15.2 Å². The summed E-state index contributed by atoms with van der Waals surface area (Å²) in [6.07, 6.45) is 6.93. The number of aromatic amines is 1. The Labute approximate surface area is 199 Å². The molecule has 1 aliphatic rings. The van der Waals surface area contributed by atoms with Crippen LogP contribution >= 0.6 is 0 Å². The molecule has 1 amide bonds. The van der Waals surface area contributed by atoms with Crippen molar-refractivity contribution < 1.29 is 4.79 Å². The van der Waals surface area contributed by atoms with Crippen LogP contribution in [0.5, 0.6) is 0 Å². The molecule has 5 heteroatoms. The van der Waals surface area contributed by atoms with Crippen LogP contribution in [0.4, 0.5) is 5.69 Å². The number of hydrogen-bond acceptors (Lipinski definition) is 3. The number of carbonyl (C=O) groups is 1. The van der Waals surface area contributed by atoms with E-state index in [2.05, 4.69) is 64.7 Å². The van der Waals surface area contributed by atoms with Gasteiger partial charge in [-0.1, -0.05) is 54.6 Å². The first-order valence-corrected chi connectivity index (χ1v) is 11.7. The van der Waals surface area contributed by atoms with E-state index >= 15 is 0 Å². The topological polar surface area (TPSA) is 60.5 Å². The fourth-order valence-electron chi connectivity index (χ4n) is 4.36. The molecule has 3 aromatic carbocycles. The van der Waals surface area contributed by atoms with Gasteiger partial charge in [0.25, 0.3) is 5.91 Å². The Morgan fingerprint density at radius 2 is 1.82 bits per heavy atom. The van der Waals surface area contributed by atoms with Crippen LogP contribution < -0.4 is 10.2 Å². The van der Waals surface area contributed by atoms with Crippen molar-refractivity contribution in [2.45, 2.75) is 6.42 Å². The summed E-state index contributed by atoms with van der Waals surface area (Å²) in [7, 11) is 2.10. The molecule has 2 N–H and O–H groups in total. The number of nitrogens with zero attached hydrogens (tertiary/aromatic N) is 2. The molecule has 0 atom stereocenters. The molecule has 0 bridgehead atoms. The van der Waals surface area contributed by atoms with Crippen molar-refractivity contribution in [3.05, 3.63) is 107 Å². The SMILES string of the molecule is CN1CCN=C(C=Cc2ccc(C(=O)NCCc3c[nH]c4ccccc34)cc2)c2ccccc21. The summed E-state index contributed by atoms with van der Waals surface area (Å²) in [4.78, 5) is 22.9. The van der Waals surface area contributed by atoms with E-state index in [-0.39, 0.29) is 5.91 Å². The number of fused-ring (bicyclic) bond motifs is 2. The van der Waals surface area contributed by atoms with E-state index in [0.29, 0.717) is 12.1 Å². The molecule has 170 valence electrons. The van der Waals surface area contributed by atoms with Gasteiger partial charge in [0, 0.05) is 54.1 Å². The number of amides is 1. The van der Waals surface area contributed by atoms with E-state index < -0.39 is 0 Å². The maximum Gasteiger partial charge on any atom is 0.251 e. The Hall–Kier alpha value is -4.12. The molecule has 34 heavy (non-hydrogen) atoms. The highest BCUT2D eigenvalue weighted by Crippen LogP contribution is 2.23. The Kier molecular flexibility index (Phi) is 6.25. The number of allylic oxidation sites excluding steroid dienone is 1. The third-order valence-corrected chi connectivity index (χ3v) is 6.27. The quantitative estimate of drug-likeness (QED) is 0.432. The molecular weight excluding hydrogens is 420 g/mol. The fourth-order valence-corrected chi connectivity index (χ4v) is 4.36. The zero-order chi connectivity index (χ0) is 23.3. The summed E-state index contributed by atoms with van der Waals surface area (Å²) >= 11 is 0. The number of likely N-dealkylation sites (N-methyl/N-ethyl adjacent to an activating group) is 1. The molecular formula is C29H28N4O. The van der Waals surface area contributed by atoms with Gasteiger partial charge in [0.15, 0.2) is 0 Å². The monoisotopic (exact) mass is 448 g/mol. The van der Waals surface area contributed by atoms with Gasteiger partial charge >= 0.3 is 0 Å². The Balaban J connectivity index is 1.21. The minimum Gasteiger partial charge on any atom is -0.372 e. The Morgan fingerprint density at radius 1 is 1.03 bits per heavy atom. The van der Waals surface area contributed by atoms with Crippen LogP contribution in [0.2, 0.25) is 0 Å². The molecule has 0 spiro atoms. The highest BCUT2D eigenvalue weighted by Gasteiger charge is 2.13. The standard InChI is InChI=1S/C29H28N4O/c1-33-19-18-30-27(25-7-3-5-9-28(25)33)15-12-21-10-13-22(14-11-21)29(34)31-17-16-23-20-32-26-8-4-2-6-24(23)26/h2-15,20,32H,16-19H2,1H3,(H,31,34). The Bertz CT molecular complexity index is 1360. The van der Waals surface area contributed by atoms with E-state index in [1.54, 1.807) is 0 Å². The molecule has 5 rings (SSSR count). The molecule has 0 saturated heterocycles. The van der Waals surface area contributed by atoms with Crippen molar-refractivity contribution >= 4 is 34.3 Å². The Morgan fingerprint density at radius 3 is 2.71 bits per heavy atom. The summed E-state index contributed by atoms with van der Waals surface area (Å²) < 4.78 is 0. The highest BCUT2D eigenvalue weighted by atomic mass is 16.1. The average Bonchev–Trinajstić information content (AvgIpc) is 3.21. The third-order valence-electron chi connectivity index (χ3n) is 6.27. The number of rotatable bonds is 6. The summed E-state index contributed by atoms with van der Waals surface area (Å²) in [6, 6.07) is 24.3. The van der Waals surface area contributed by atoms with Crippen LogP contribution in [0, 0.1) is 0 Å². The minimum absolute atomic E-state index is 0.0551. The first-order chi connectivity index (χ1) is 16.7. The van der Waals surface area contributed by atoms with Crippen LogP contribution in [0.3, 0.4) is 0 Å². The largest absolute Gasteiger partial charge is 0.372 e. The fraction of sp³-hybridized carbons (Fsp3) is 0.172. The van der Waals surface area contributed by atoms with E-state index in [9.17, 15) is 4.79 Å². The summed E-state index contributed by atoms with van der Waals surface area (Å²) in [6.45, 7) is 2.26. The first-order valence-electron chi connectivity index (χ1n) is 11.7. The van der Waals surface area contributed by atoms with Crippen LogP contribution in [0.25, 0.3) is 17.0 Å². The van der Waals surface area contributed by atoms with E-state index in [0.717, 1.165) is 41.9 Å². The smallest absolute Gasteiger partial charge is 0.251 e. The lowest BCUT2D eigenvalue weighted by Gasteiger charge is -2.18. The highest BCUT2D eigenvalue weighted by molar-refractivity contribution is 6.14. The second-order valence-corrected chi connectivity index (χ2v) is 8.53. The molecule has 0 saturated carbocycles. The lowest BCUT2D eigenvalue weighted by molar-refractivity contribution is 0.0954. The number of nitrogens with one attached hydrogen (secondary N) is 2. The lowest BCUT2D eigenvalue weighted by atomic mass is 10.0. The van der Waals surface area contributed by atoms with Crippen LogP contribution in [0.15, 0.2) is 90.1 Å². The summed E-state index contributed by atoms with van der Waals surface area (Å²) in [5.41, 5.74) is 7.36. The average molecular weight is 449 g/mol. The van der Waals surface area contributed by atoms with Gasteiger partial charge in [-0.2, -0.15) is 0 Å². The van der Waals surface area contributed by atoms with Crippen LogP contribution in [-0.4, -0.2) is 43.3 Å². The lowest BCUT2D eigenvalue weighted by Crippen LogP contribution is -2.25. The van der Waals surface area contributed by atoms with Crippen molar-refractivity contribution in [3.8, 4) is 0 Å². The normalized spacial score (nSPS) is 13.6. The summed E-state index contributed by atoms with van der Waals surface area (Å²) in [5, 5.41) is 4.24. The van der Waals surface area contributed by atoms with Crippen molar-refractivity contribution in [3.63, 3.8) is 0 Å². The molecule has 5 nitrogen and oxygen atoms in total. The molecule has 0 aliphatic carbocycles. The number of aliphatic imine (C=N–C) groups is 1. The van der Waals surface area contributed by atoms with E-state index in [1.807, 2.05) is 48.7 Å². The number of benzodiazepines with no additional fused rings is 1. The first kappa shape index (κ1) is 21.7. The van der Waals surface area contributed by atoms with E-state index in [4.69, 9.17) is 4.99 Å². The predicted molar refractivity (Wildman–Crippen MR) is 141 cm³/mol. The number of aromatic nitrogens is 1. The number of benzene rings is 3. The van der Waals surface area contributed by atoms with Crippen molar-refractivity contribution in [1.82, 2.24) is 10.3 Å². The molecule has 1 aliphatic heterocycles. The number of carbonyl (C=O) groups excluding carboxylic acids is 1. The summed E-state index contributed by atoms with van der Waals surface area (Å²) in [5.74, 6) is -0.0551. The van der Waals surface area contributed by atoms with Gasteiger partial charge in [-0.15, -0.1) is 0 Å². The van der Waals surface area contributed by atoms with Gasteiger partial charge in [-0.25, -0.2) is 0 Å². The van der Waals surface area contributed by atoms with Gasteiger partial charge in [0.1, 0.15) is 0 Å². The molecule has 4 aromatic rings. The minimum atomic E-state index is -0.0551. The maximum atomic E-state index is 12.6. The van der Waals surface area contributed by atoms with Crippen molar-refractivity contribution in [2.75, 3.05) is 31.6 Å². The van der Waals surface area contributed by atoms with Gasteiger partial charge in [-0.05, 0) is 47.9 Å². The van der Waals surface area contributed by atoms with E-state index in [1.165, 1.54) is 16.6 Å². The second-order valence-electron chi connectivity index (χ2n) is 8.53. The van der Waals surface area contributed by atoms with Crippen LogP contribution in [0.1, 0.15) is 27.0 Å². The van der Waals surface area contributed by atoms with Gasteiger partial charge in [0.05, 0.1) is 12.3 Å². The molecule has 0 fully saturated rings. The molecule has 1 aromatic heterocycles. The maximum absolute atomic E-state index is 12.6. The zero-order valence-corrected chi connectivity index (χ0v) is 19.3. The van der Waals surface area contributed by atoms with Gasteiger partial charge in [0.2, 0.25) is 0 Å². The number of hydrogen-bond donors (Lipinski definition) is 2. The molecule has 2 heterocycles. The number of H-pyrrole nitrogens is 1. The van der Waals surface area contributed by atoms with Crippen LogP contribution in [-0.2, 0) is 6.42 Å². The molecule has 0 unspecified atom stereocenters. The second kappa shape index (κ2) is 9.79. The van der Waals surface area contributed by atoms with Crippen molar-refractivity contribution in [2.24, 2.45) is 4.99 Å². The third kappa shape index (κ3) is 4.64. The molecule has 0 radical (unpaired) electrons. The van der Waals surface area contributed by atoms with Gasteiger partial charge in [-0.3, -0.25) is 9.79 Å². The number of para-hydroxylation sites is 2. The van der Waals surface area contributed by atoms with Crippen molar-refractivity contribution in [1.29, 1.82) is 0 Å². The number of anilines is 1. The zero-order valence-electron chi connectivity index (χ0n) is 19.3.